The van der Waals surface area contributed by atoms with Crippen molar-refractivity contribution in [1.82, 2.24) is 10.2 Å². The molecule has 0 spiro atoms. The molecule has 5 heteroatoms. The van der Waals surface area contributed by atoms with Crippen molar-refractivity contribution in [2.45, 2.75) is 57.0 Å². The Morgan fingerprint density at radius 3 is 2.48 bits per heavy atom. The molecular weight excluding hydrogens is 332 g/mol. The molecule has 2 rings (SSSR count). The molecule has 1 atom stereocenters. The maximum Gasteiger partial charge on any atom is 0.120 e. The second-order valence-electron chi connectivity index (χ2n) is 7.43. The molecule has 0 amide bonds. The Kier molecular flexibility index (Phi) is 8.40. The van der Waals surface area contributed by atoms with E-state index in [1.807, 2.05) is 24.3 Å². The van der Waals surface area contributed by atoms with Gasteiger partial charge in [0.05, 0.1) is 10.8 Å². The quantitative estimate of drug-likeness (QED) is 0.644. The van der Waals surface area contributed by atoms with Gasteiger partial charge in [0.2, 0.25) is 0 Å². The van der Waals surface area contributed by atoms with Crippen LogP contribution in [-0.4, -0.2) is 53.2 Å². The maximum atomic E-state index is 12.3. The van der Waals surface area contributed by atoms with Gasteiger partial charge < -0.3 is 15.0 Å². The third-order valence-corrected chi connectivity index (χ3v) is 6.11. The van der Waals surface area contributed by atoms with E-state index in [4.69, 9.17) is 4.74 Å². The Bertz CT molecular complexity index is 525. The predicted octanol–water partition coefficient (Wildman–Crippen LogP) is 3.44. The van der Waals surface area contributed by atoms with Crippen LogP contribution in [-0.2, 0) is 10.8 Å². The van der Waals surface area contributed by atoms with Crippen LogP contribution < -0.4 is 10.1 Å². The van der Waals surface area contributed by atoms with E-state index in [2.05, 4.69) is 31.0 Å². The highest BCUT2D eigenvalue weighted by atomic mass is 32.2. The molecule has 25 heavy (non-hydrogen) atoms. The summed E-state index contributed by atoms with van der Waals surface area (Å²) in [6, 6.07) is 7.81. The topological polar surface area (TPSA) is 41.6 Å². The van der Waals surface area contributed by atoms with Crippen molar-refractivity contribution in [3.63, 3.8) is 0 Å². The molecule has 142 valence electrons. The molecule has 1 aromatic carbocycles. The van der Waals surface area contributed by atoms with Gasteiger partial charge in [-0.25, -0.2) is 0 Å². The number of hydrogen-bond donors (Lipinski definition) is 1. The van der Waals surface area contributed by atoms with Crippen molar-refractivity contribution in [3.8, 4) is 5.75 Å². The van der Waals surface area contributed by atoms with Crippen LogP contribution in [0.3, 0.4) is 0 Å². The summed E-state index contributed by atoms with van der Waals surface area (Å²) in [5.74, 6) is 1.61. The second kappa shape index (κ2) is 10.3. The van der Waals surface area contributed by atoms with Crippen LogP contribution in [0, 0.1) is 0 Å². The molecule has 1 fully saturated rings. The first-order valence-electron chi connectivity index (χ1n) is 9.61. The fourth-order valence-electron chi connectivity index (χ4n) is 2.99. The zero-order chi connectivity index (χ0) is 18.1. The normalized spacial score (nSPS) is 17.4. The number of rotatable bonds is 10. The van der Waals surface area contributed by atoms with E-state index in [9.17, 15) is 4.21 Å². The smallest absolute Gasteiger partial charge is 0.120 e. The first-order valence-corrected chi connectivity index (χ1v) is 10.9. The second-order valence-corrected chi connectivity index (χ2v) is 9.00. The van der Waals surface area contributed by atoms with Crippen LogP contribution in [0.25, 0.3) is 0 Å². The van der Waals surface area contributed by atoms with Crippen LogP contribution in [0.5, 0.6) is 5.75 Å². The molecule has 0 bridgehead atoms. The molecule has 4 nitrogen and oxygen atoms in total. The number of ether oxygens (including phenoxy) is 1. The summed E-state index contributed by atoms with van der Waals surface area (Å²) in [5, 5.41) is 3.38. The van der Waals surface area contributed by atoms with Gasteiger partial charge in [-0.2, -0.15) is 0 Å². The first kappa shape index (κ1) is 20.4. The summed E-state index contributed by atoms with van der Waals surface area (Å²) >= 11 is 0. The standard InChI is InChI=1S/C20H34N2O2S/c1-4-5-6-17-25(23)19-9-7-18(8-10-19)24-20(2,3)11-14-22-15-12-21-13-16-22/h7-10,21H,4-6,11-17H2,1-3H3. The Hall–Kier alpha value is -0.910. The van der Waals surface area contributed by atoms with E-state index < -0.39 is 10.8 Å². The van der Waals surface area contributed by atoms with Gasteiger partial charge in [0, 0.05) is 43.4 Å². The number of nitrogens with one attached hydrogen (secondary N) is 1. The average Bonchev–Trinajstić information content (AvgIpc) is 2.61. The van der Waals surface area contributed by atoms with Crippen LogP contribution in [0.1, 0.15) is 46.5 Å². The summed E-state index contributed by atoms with van der Waals surface area (Å²) in [5.41, 5.74) is -0.202. The molecule has 1 heterocycles. The molecule has 1 saturated heterocycles. The largest absolute Gasteiger partial charge is 0.488 e. The molecule has 1 aliphatic heterocycles. The van der Waals surface area contributed by atoms with Gasteiger partial charge in [-0.15, -0.1) is 0 Å². The lowest BCUT2D eigenvalue weighted by Crippen LogP contribution is -2.45. The van der Waals surface area contributed by atoms with Gasteiger partial charge in [0.15, 0.2) is 0 Å². The lowest BCUT2D eigenvalue weighted by molar-refractivity contribution is 0.0808. The minimum Gasteiger partial charge on any atom is -0.488 e. The molecule has 0 saturated carbocycles. The van der Waals surface area contributed by atoms with Gasteiger partial charge >= 0.3 is 0 Å². The fourth-order valence-corrected chi connectivity index (χ4v) is 4.13. The van der Waals surface area contributed by atoms with Crippen LogP contribution >= 0.6 is 0 Å². The van der Waals surface area contributed by atoms with E-state index >= 15 is 0 Å². The number of nitrogens with zero attached hydrogens (tertiary/aromatic N) is 1. The molecule has 0 aromatic heterocycles. The van der Waals surface area contributed by atoms with E-state index in [0.29, 0.717) is 0 Å². The maximum absolute atomic E-state index is 12.3. The summed E-state index contributed by atoms with van der Waals surface area (Å²) in [6.07, 6.45) is 4.33. The summed E-state index contributed by atoms with van der Waals surface area (Å²) in [7, 11) is -0.891. The highest BCUT2D eigenvalue weighted by Gasteiger charge is 2.22. The minimum atomic E-state index is -0.891. The monoisotopic (exact) mass is 366 g/mol. The highest BCUT2D eigenvalue weighted by molar-refractivity contribution is 7.85. The number of benzene rings is 1. The Morgan fingerprint density at radius 2 is 1.84 bits per heavy atom. The minimum absolute atomic E-state index is 0.202. The fraction of sp³-hybridized carbons (Fsp3) is 0.700. The highest BCUT2D eigenvalue weighted by Crippen LogP contribution is 2.23. The molecule has 1 unspecified atom stereocenters. The van der Waals surface area contributed by atoms with Crippen molar-refractivity contribution in [1.29, 1.82) is 0 Å². The van der Waals surface area contributed by atoms with Crippen molar-refractivity contribution >= 4 is 10.8 Å². The summed E-state index contributed by atoms with van der Waals surface area (Å²) < 4.78 is 18.4. The molecule has 1 aromatic rings. The third-order valence-electron chi connectivity index (χ3n) is 4.65. The Labute approximate surface area is 155 Å². The predicted molar refractivity (Wildman–Crippen MR) is 106 cm³/mol. The summed E-state index contributed by atoms with van der Waals surface area (Å²) in [6.45, 7) is 11.9. The van der Waals surface area contributed by atoms with Gasteiger partial charge in [0.25, 0.3) is 0 Å². The van der Waals surface area contributed by atoms with Crippen molar-refractivity contribution < 1.29 is 8.95 Å². The van der Waals surface area contributed by atoms with Crippen molar-refractivity contribution in [2.24, 2.45) is 0 Å². The lowest BCUT2D eigenvalue weighted by Gasteiger charge is -2.32. The van der Waals surface area contributed by atoms with Gasteiger partial charge in [-0.05, 0) is 51.0 Å². The third kappa shape index (κ3) is 7.47. The van der Waals surface area contributed by atoms with Gasteiger partial charge in [0.1, 0.15) is 11.4 Å². The van der Waals surface area contributed by atoms with E-state index in [-0.39, 0.29) is 5.60 Å². The number of unbranched alkanes of at least 4 members (excludes halogenated alkanes) is 2. The number of hydrogen-bond acceptors (Lipinski definition) is 4. The van der Waals surface area contributed by atoms with Gasteiger partial charge in [-0.1, -0.05) is 19.8 Å². The molecule has 0 radical (unpaired) electrons. The molecule has 1 N–H and O–H groups in total. The van der Waals surface area contributed by atoms with Crippen LogP contribution in [0.15, 0.2) is 29.2 Å². The van der Waals surface area contributed by atoms with Crippen LogP contribution in [0.2, 0.25) is 0 Å². The van der Waals surface area contributed by atoms with Crippen LogP contribution in [0.4, 0.5) is 0 Å². The molecule has 0 aliphatic carbocycles. The van der Waals surface area contributed by atoms with E-state index in [0.717, 1.165) is 74.8 Å². The summed E-state index contributed by atoms with van der Waals surface area (Å²) in [4.78, 5) is 3.39. The Balaban J connectivity index is 1.81. The molecule has 1 aliphatic rings. The average molecular weight is 367 g/mol. The van der Waals surface area contributed by atoms with Crippen molar-refractivity contribution in [2.75, 3.05) is 38.5 Å². The van der Waals surface area contributed by atoms with Crippen molar-refractivity contribution in [3.05, 3.63) is 24.3 Å². The van der Waals surface area contributed by atoms with E-state index in [1.165, 1.54) is 0 Å². The van der Waals surface area contributed by atoms with E-state index in [1.54, 1.807) is 0 Å². The lowest BCUT2D eigenvalue weighted by atomic mass is 10.0. The SMILES string of the molecule is CCCCCS(=O)c1ccc(OC(C)(C)CCN2CCNCC2)cc1. The Morgan fingerprint density at radius 1 is 1.16 bits per heavy atom. The zero-order valence-corrected chi connectivity index (χ0v) is 16.9. The number of piperazine rings is 1. The van der Waals surface area contributed by atoms with Gasteiger partial charge in [-0.3, -0.25) is 4.21 Å². The molecular formula is C20H34N2O2S. The zero-order valence-electron chi connectivity index (χ0n) is 16.1. The first-order chi connectivity index (χ1) is 12.0.